The summed E-state index contributed by atoms with van der Waals surface area (Å²) in [6.07, 6.45) is 1.68. The monoisotopic (exact) mass is 290 g/mol. The predicted molar refractivity (Wildman–Crippen MR) is 75.2 cm³/mol. The van der Waals surface area contributed by atoms with Crippen LogP contribution in [0.2, 0.25) is 0 Å². The van der Waals surface area contributed by atoms with Gasteiger partial charge in [-0.2, -0.15) is 0 Å². The summed E-state index contributed by atoms with van der Waals surface area (Å²) >= 11 is 0. The third kappa shape index (κ3) is 2.85. The molecule has 6 heteroatoms. The predicted octanol–water partition coefficient (Wildman–Crippen LogP) is 0.914. The van der Waals surface area contributed by atoms with Crippen LogP contribution in [0.25, 0.3) is 0 Å². The molecule has 1 saturated heterocycles. The SMILES string of the molecule is COc1ccc2c(c1)C(NC1CCC(=O)NC1=O)CCO2. The summed E-state index contributed by atoms with van der Waals surface area (Å²) in [4.78, 5) is 23.1. The van der Waals surface area contributed by atoms with Gasteiger partial charge >= 0.3 is 0 Å². The van der Waals surface area contributed by atoms with E-state index in [1.807, 2.05) is 18.2 Å². The Labute approximate surface area is 122 Å². The molecule has 1 fully saturated rings. The van der Waals surface area contributed by atoms with Gasteiger partial charge in [-0.25, -0.2) is 0 Å². The Morgan fingerprint density at radius 3 is 2.90 bits per heavy atom. The lowest BCUT2D eigenvalue weighted by Crippen LogP contribution is -2.51. The molecule has 0 spiro atoms. The first-order valence-electron chi connectivity index (χ1n) is 7.08. The highest BCUT2D eigenvalue weighted by Crippen LogP contribution is 2.35. The fourth-order valence-corrected chi connectivity index (χ4v) is 2.77. The van der Waals surface area contributed by atoms with E-state index in [0.29, 0.717) is 19.4 Å². The molecule has 0 radical (unpaired) electrons. The van der Waals surface area contributed by atoms with Crippen molar-refractivity contribution >= 4 is 11.8 Å². The lowest BCUT2D eigenvalue weighted by atomic mass is 9.97. The second-order valence-electron chi connectivity index (χ2n) is 5.26. The first kappa shape index (κ1) is 13.9. The van der Waals surface area contributed by atoms with Crippen molar-refractivity contribution in [1.29, 1.82) is 0 Å². The van der Waals surface area contributed by atoms with Crippen LogP contribution < -0.4 is 20.1 Å². The highest BCUT2D eigenvalue weighted by Gasteiger charge is 2.31. The van der Waals surface area contributed by atoms with Crippen molar-refractivity contribution in [3.8, 4) is 11.5 Å². The van der Waals surface area contributed by atoms with Crippen molar-refractivity contribution in [3.63, 3.8) is 0 Å². The highest BCUT2D eigenvalue weighted by molar-refractivity contribution is 6.00. The van der Waals surface area contributed by atoms with Crippen LogP contribution >= 0.6 is 0 Å². The van der Waals surface area contributed by atoms with E-state index in [1.54, 1.807) is 7.11 Å². The zero-order valence-electron chi connectivity index (χ0n) is 11.8. The smallest absolute Gasteiger partial charge is 0.243 e. The largest absolute Gasteiger partial charge is 0.497 e. The van der Waals surface area contributed by atoms with Crippen LogP contribution in [0.3, 0.4) is 0 Å². The first-order valence-corrected chi connectivity index (χ1v) is 7.08. The zero-order valence-corrected chi connectivity index (χ0v) is 11.8. The minimum atomic E-state index is -0.343. The number of hydrogen-bond acceptors (Lipinski definition) is 5. The third-order valence-electron chi connectivity index (χ3n) is 3.90. The van der Waals surface area contributed by atoms with E-state index < -0.39 is 0 Å². The van der Waals surface area contributed by atoms with Gasteiger partial charge in [0, 0.05) is 24.4 Å². The van der Waals surface area contributed by atoms with E-state index in [9.17, 15) is 9.59 Å². The van der Waals surface area contributed by atoms with E-state index >= 15 is 0 Å². The number of methoxy groups -OCH3 is 1. The molecule has 2 amide bonds. The lowest BCUT2D eigenvalue weighted by molar-refractivity contribution is -0.134. The van der Waals surface area contributed by atoms with E-state index in [1.165, 1.54) is 0 Å². The maximum Gasteiger partial charge on any atom is 0.243 e. The van der Waals surface area contributed by atoms with E-state index in [4.69, 9.17) is 9.47 Å². The Hall–Kier alpha value is -2.08. The van der Waals surface area contributed by atoms with Crippen LogP contribution in [0.1, 0.15) is 30.9 Å². The number of fused-ring (bicyclic) bond motifs is 1. The number of nitrogens with one attached hydrogen (secondary N) is 2. The van der Waals surface area contributed by atoms with Gasteiger partial charge in [0.15, 0.2) is 0 Å². The van der Waals surface area contributed by atoms with Crippen molar-refractivity contribution in [3.05, 3.63) is 23.8 Å². The summed E-state index contributed by atoms with van der Waals surface area (Å²) in [5, 5.41) is 5.70. The summed E-state index contributed by atoms with van der Waals surface area (Å²) < 4.78 is 10.9. The zero-order chi connectivity index (χ0) is 14.8. The number of amides is 2. The fraction of sp³-hybridized carbons (Fsp3) is 0.467. The Morgan fingerprint density at radius 2 is 2.14 bits per heavy atom. The number of imide groups is 1. The van der Waals surface area contributed by atoms with Gasteiger partial charge < -0.3 is 9.47 Å². The number of carbonyl (C=O) groups excluding carboxylic acids is 2. The molecule has 6 nitrogen and oxygen atoms in total. The van der Waals surface area contributed by atoms with Crippen LogP contribution in [0.4, 0.5) is 0 Å². The molecule has 0 bridgehead atoms. The van der Waals surface area contributed by atoms with Gasteiger partial charge in [0.05, 0.1) is 19.8 Å². The molecule has 2 unspecified atom stereocenters. The van der Waals surface area contributed by atoms with Crippen molar-refractivity contribution in [1.82, 2.24) is 10.6 Å². The number of ether oxygens (including phenoxy) is 2. The molecule has 2 atom stereocenters. The number of benzene rings is 1. The van der Waals surface area contributed by atoms with Crippen molar-refractivity contribution < 1.29 is 19.1 Å². The van der Waals surface area contributed by atoms with Gasteiger partial charge in [0.1, 0.15) is 11.5 Å². The maximum absolute atomic E-state index is 11.9. The van der Waals surface area contributed by atoms with Crippen LogP contribution in [-0.4, -0.2) is 31.6 Å². The normalized spacial score (nSPS) is 24.8. The van der Waals surface area contributed by atoms with Crippen molar-refractivity contribution in [2.24, 2.45) is 0 Å². The van der Waals surface area contributed by atoms with E-state index in [0.717, 1.165) is 23.5 Å². The molecular weight excluding hydrogens is 272 g/mol. The van der Waals surface area contributed by atoms with Gasteiger partial charge in [0.2, 0.25) is 11.8 Å². The molecule has 1 aromatic carbocycles. The Balaban J connectivity index is 1.78. The first-order chi connectivity index (χ1) is 10.2. The molecule has 2 heterocycles. The van der Waals surface area contributed by atoms with Crippen molar-refractivity contribution in [2.75, 3.05) is 13.7 Å². The molecule has 2 aliphatic heterocycles. The standard InChI is InChI=1S/C15H18N2O4/c1-20-9-2-4-13-10(8-9)11(6-7-21-13)16-12-3-5-14(18)17-15(12)19/h2,4,8,11-12,16H,3,5-7H2,1H3,(H,17,18,19). The molecule has 0 aliphatic carbocycles. The second kappa shape index (κ2) is 5.73. The molecule has 112 valence electrons. The molecule has 2 aliphatic rings. The van der Waals surface area contributed by atoms with Crippen LogP contribution in [0, 0.1) is 0 Å². The van der Waals surface area contributed by atoms with Crippen LogP contribution in [0.5, 0.6) is 11.5 Å². The third-order valence-corrected chi connectivity index (χ3v) is 3.90. The molecule has 1 aromatic rings. The topological polar surface area (TPSA) is 76.7 Å². The van der Waals surface area contributed by atoms with Gasteiger partial charge in [-0.15, -0.1) is 0 Å². The molecule has 2 N–H and O–H groups in total. The summed E-state index contributed by atoms with van der Waals surface area (Å²) in [5.74, 6) is 1.12. The van der Waals surface area contributed by atoms with Gasteiger partial charge in [0.25, 0.3) is 0 Å². The fourth-order valence-electron chi connectivity index (χ4n) is 2.77. The van der Waals surface area contributed by atoms with Gasteiger partial charge in [-0.3, -0.25) is 20.2 Å². The molecule has 0 aromatic heterocycles. The average molecular weight is 290 g/mol. The van der Waals surface area contributed by atoms with E-state index in [2.05, 4.69) is 10.6 Å². The van der Waals surface area contributed by atoms with Crippen LogP contribution in [-0.2, 0) is 9.59 Å². The second-order valence-corrected chi connectivity index (χ2v) is 5.26. The number of piperidine rings is 1. The van der Waals surface area contributed by atoms with Crippen molar-refractivity contribution in [2.45, 2.75) is 31.3 Å². The minimum absolute atomic E-state index is 0.0211. The highest BCUT2D eigenvalue weighted by atomic mass is 16.5. The molecule has 0 saturated carbocycles. The number of rotatable bonds is 3. The molecule has 21 heavy (non-hydrogen) atoms. The summed E-state index contributed by atoms with van der Waals surface area (Å²) in [6, 6.07) is 5.34. The minimum Gasteiger partial charge on any atom is -0.497 e. The summed E-state index contributed by atoms with van der Waals surface area (Å²) in [7, 11) is 1.62. The number of hydrogen-bond donors (Lipinski definition) is 2. The van der Waals surface area contributed by atoms with Gasteiger partial charge in [-0.05, 0) is 24.6 Å². The Bertz CT molecular complexity index is 573. The van der Waals surface area contributed by atoms with Gasteiger partial charge in [-0.1, -0.05) is 0 Å². The maximum atomic E-state index is 11.9. The molecular formula is C15H18N2O4. The van der Waals surface area contributed by atoms with Crippen LogP contribution in [0.15, 0.2) is 18.2 Å². The molecule has 3 rings (SSSR count). The summed E-state index contributed by atoms with van der Waals surface area (Å²) in [5.41, 5.74) is 0.991. The average Bonchev–Trinajstić information content (AvgIpc) is 2.50. The summed E-state index contributed by atoms with van der Waals surface area (Å²) in [6.45, 7) is 0.601. The quantitative estimate of drug-likeness (QED) is 0.809. The Kier molecular flexibility index (Phi) is 3.79. The van der Waals surface area contributed by atoms with E-state index in [-0.39, 0.29) is 23.9 Å². The lowest BCUT2D eigenvalue weighted by Gasteiger charge is -2.31. The Morgan fingerprint density at radius 1 is 1.29 bits per heavy atom. The number of carbonyl (C=O) groups is 2.